The molecule has 0 fully saturated rings. The Morgan fingerprint density at radius 3 is 2.38 bits per heavy atom. The zero-order valence-corrected chi connectivity index (χ0v) is 19.4. The van der Waals surface area contributed by atoms with Crippen molar-refractivity contribution in [2.24, 2.45) is 11.8 Å². The average Bonchev–Trinajstić information content (AvgIpc) is 3.15. The summed E-state index contributed by atoms with van der Waals surface area (Å²) in [6, 6.07) is 2.42. The Labute approximate surface area is 187 Å². The average molecular weight is 453 g/mol. The molecule has 1 aromatic rings. The SMILES string of the molecule is CC(C)CC(NC(=O)OC(C)(C)C)C(=O)OOC(=O)C(C)Cc1ccc2c(c1N)OCO2. The minimum absolute atomic E-state index is 0.0612. The number of carbonyl (C=O) groups excluding carboxylic acids is 3. The summed E-state index contributed by atoms with van der Waals surface area (Å²) in [7, 11) is 0. The highest BCUT2D eigenvalue weighted by atomic mass is 17.2. The molecule has 0 saturated heterocycles. The fourth-order valence-corrected chi connectivity index (χ4v) is 2.98. The molecule has 0 spiro atoms. The van der Waals surface area contributed by atoms with E-state index in [0.717, 1.165) is 0 Å². The molecular formula is C22H32N2O8. The van der Waals surface area contributed by atoms with Crippen LogP contribution in [0.5, 0.6) is 11.5 Å². The molecule has 2 unspecified atom stereocenters. The monoisotopic (exact) mass is 452 g/mol. The largest absolute Gasteiger partial charge is 0.454 e. The molecule has 0 saturated carbocycles. The number of benzene rings is 1. The maximum atomic E-state index is 12.4. The van der Waals surface area contributed by atoms with E-state index in [2.05, 4.69) is 5.32 Å². The second-order valence-electron chi connectivity index (χ2n) is 9.11. The van der Waals surface area contributed by atoms with Crippen molar-refractivity contribution < 1.29 is 38.4 Å². The first-order valence-electron chi connectivity index (χ1n) is 10.5. The summed E-state index contributed by atoms with van der Waals surface area (Å²) in [4.78, 5) is 46.3. The van der Waals surface area contributed by atoms with E-state index in [1.54, 1.807) is 39.8 Å². The first-order valence-corrected chi connectivity index (χ1v) is 10.5. The third-order valence-corrected chi connectivity index (χ3v) is 4.48. The summed E-state index contributed by atoms with van der Waals surface area (Å²) in [5, 5.41) is 2.46. The molecule has 0 radical (unpaired) electrons. The molecule has 1 amide bonds. The van der Waals surface area contributed by atoms with Gasteiger partial charge in [0.2, 0.25) is 6.79 Å². The molecule has 178 valence electrons. The van der Waals surface area contributed by atoms with E-state index in [1.807, 2.05) is 13.8 Å². The van der Waals surface area contributed by atoms with Gasteiger partial charge in [0.05, 0.1) is 11.6 Å². The number of anilines is 1. The van der Waals surface area contributed by atoms with Gasteiger partial charge >= 0.3 is 18.0 Å². The van der Waals surface area contributed by atoms with Gasteiger partial charge in [-0.3, -0.25) is 0 Å². The Morgan fingerprint density at radius 2 is 1.75 bits per heavy atom. The molecule has 10 nitrogen and oxygen atoms in total. The molecule has 1 aliphatic heterocycles. The quantitative estimate of drug-likeness (QED) is 0.363. The number of nitrogens with two attached hydrogens (primary N) is 1. The summed E-state index contributed by atoms with van der Waals surface area (Å²) in [6.45, 7) is 10.6. The first kappa shape index (κ1) is 25.1. The van der Waals surface area contributed by atoms with Crippen LogP contribution in [0.15, 0.2) is 12.1 Å². The van der Waals surface area contributed by atoms with Gasteiger partial charge in [-0.1, -0.05) is 26.8 Å². The molecule has 3 N–H and O–H groups in total. The number of carbonyl (C=O) groups is 3. The lowest BCUT2D eigenvalue weighted by Crippen LogP contribution is -2.45. The van der Waals surface area contributed by atoms with Crippen LogP contribution in [0.3, 0.4) is 0 Å². The minimum atomic E-state index is -1.03. The van der Waals surface area contributed by atoms with Crippen LogP contribution in [0.1, 0.15) is 53.5 Å². The summed E-state index contributed by atoms with van der Waals surface area (Å²) < 4.78 is 15.8. The number of fused-ring (bicyclic) bond motifs is 1. The zero-order valence-electron chi connectivity index (χ0n) is 19.4. The highest BCUT2D eigenvalue weighted by Gasteiger charge is 2.29. The van der Waals surface area contributed by atoms with Crippen molar-refractivity contribution in [3.8, 4) is 11.5 Å². The number of rotatable bonds is 7. The molecule has 10 heteroatoms. The van der Waals surface area contributed by atoms with E-state index in [-0.39, 0.29) is 25.6 Å². The maximum absolute atomic E-state index is 12.4. The van der Waals surface area contributed by atoms with E-state index in [4.69, 9.17) is 29.7 Å². The highest BCUT2D eigenvalue weighted by Crippen LogP contribution is 2.40. The van der Waals surface area contributed by atoms with Gasteiger partial charge in [-0.05, 0) is 51.2 Å². The van der Waals surface area contributed by atoms with Crippen molar-refractivity contribution in [3.63, 3.8) is 0 Å². The second-order valence-corrected chi connectivity index (χ2v) is 9.11. The predicted octanol–water partition coefficient (Wildman–Crippen LogP) is 3.12. The van der Waals surface area contributed by atoms with E-state index in [9.17, 15) is 14.4 Å². The standard InChI is InChI=1S/C22H32N2O8/c1-12(2)9-15(24-21(27)30-22(4,5)6)20(26)32-31-19(25)13(3)10-14-7-8-16-18(17(14)23)29-11-28-16/h7-8,12-13,15H,9-11,23H2,1-6H3,(H,24,27). The third-order valence-electron chi connectivity index (χ3n) is 4.48. The smallest absolute Gasteiger partial charge is 0.408 e. The fourth-order valence-electron chi connectivity index (χ4n) is 2.98. The Bertz CT molecular complexity index is 847. The van der Waals surface area contributed by atoms with Crippen molar-refractivity contribution in [1.82, 2.24) is 5.32 Å². The Hall–Kier alpha value is -3.17. The van der Waals surface area contributed by atoms with Crippen LogP contribution < -0.4 is 20.5 Å². The molecule has 2 atom stereocenters. The number of amides is 1. The Balaban J connectivity index is 1.92. The minimum Gasteiger partial charge on any atom is -0.454 e. The molecule has 1 aromatic carbocycles. The lowest BCUT2D eigenvalue weighted by atomic mass is 9.99. The van der Waals surface area contributed by atoms with Gasteiger partial charge in [-0.15, -0.1) is 0 Å². The number of ether oxygens (including phenoxy) is 3. The van der Waals surface area contributed by atoms with Crippen molar-refractivity contribution in [1.29, 1.82) is 0 Å². The zero-order chi connectivity index (χ0) is 24.1. The van der Waals surface area contributed by atoms with Crippen LogP contribution in [0.4, 0.5) is 10.5 Å². The molecular weight excluding hydrogens is 420 g/mol. The van der Waals surface area contributed by atoms with Gasteiger partial charge in [-0.2, -0.15) is 0 Å². The summed E-state index contributed by atoms with van der Waals surface area (Å²) in [5.41, 5.74) is 6.42. The normalized spacial score (nSPS) is 14.5. The number of hydrogen-bond donors (Lipinski definition) is 2. The van der Waals surface area contributed by atoms with Crippen molar-refractivity contribution in [3.05, 3.63) is 17.7 Å². The van der Waals surface area contributed by atoms with Crippen LogP contribution in [-0.4, -0.2) is 36.5 Å². The van der Waals surface area contributed by atoms with Crippen LogP contribution in [-0.2, 0) is 30.5 Å². The molecule has 2 rings (SSSR count). The van der Waals surface area contributed by atoms with Crippen LogP contribution in [0.25, 0.3) is 0 Å². The van der Waals surface area contributed by atoms with Crippen LogP contribution in [0.2, 0.25) is 0 Å². The predicted molar refractivity (Wildman–Crippen MR) is 115 cm³/mol. The third kappa shape index (κ3) is 7.21. The van der Waals surface area contributed by atoms with E-state index in [0.29, 0.717) is 22.7 Å². The highest BCUT2D eigenvalue weighted by molar-refractivity contribution is 5.82. The first-order chi connectivity index (χ1) is 14.9. The van der Waals surface area contributed by atoms with Gasteiger partial charge in [0.1, 0.15) is 11.6 Å². The Morgan fingerprint density at radius 1 is 1.09 bits per heavy atom. The van der Waals surface area contributed by atoms with E-state index in [1.165, 1.54) is 0 Å². The van der Waals surface area contributed by atoms with Gasteiger partial charge in [0, 0.05) is 0 Å². The summed E-state index contributed by atoms with van der Waals surface area (Å²) in [5.74, 6) is -1.26. The topological polar surface area (TPSA) is 135 Å². The Kier molecular flexibility index (Phi) is 8.18. The van der Waals surface area contributed by atoms with Crippen molar-refractivity contribution in [2.75, 3.05) is 12.5 Å². The van der Waals surface area contributed by atoms with Gasteiger partial charge < -0.3 is 25.3 Å². The van der Waals surface area contributed by atoms with E-state index >= 15 is 0 Å². The number of hydrogen-bond acceptors (Lipinski definition) is 9. The van der Waals surface area contributed by atoms with Crippen molar-refractivity contribution in [2.45, 2.75) is 66.0 Å². The van der Waals surface area contributed by atoms with Crippen LogP contribution in [0, 0.1) is 11.8 Å². The summed E-state index contributed by atoms with van der Waals surface area (Å²) >= 11 is 0. The molecule has 32 heavy (non-hydrogen) atoms. The number of alkyl carbamates (subject to hydrolysis) is 1. The molecule has 0 aromatic heterocycles. The lowest BCUT2D eigenvalue weighted by molar-refractivity contribution is -0.263. The summed E-state index contributed by atoms with van der Waals surface area (Å²) in [6.07, 6.45) is -0.248. The molecule has 0 aliphatic carbocycles. The maximum Gasteiger partial charge on any atom is 0.408 e. The molecule has 1 heterocycles. The second kappa shape index (κ2) is 10.4. The number of nitrogens with one attached hydrogen (secondary N) is 1. The van der Waals surface area contributed by atoms with Gasteiger partial charge in [0.15, 0.2) is 11.5 Å². The lowest BCUT2D eigenvalue weighted by Gasteiger charge is -2.23. The van der Waals surface area contributed by atoms with Crippen LogP contribution >= 0.6 is 0 Å². The molecule has 1 aliphatic rings. The molecule has 0 bridgehead atoms. The van der Waals surface area contributed by atoms with Crippen molar-refractivity contribution >= 4 is 23.7 Å². The number of nitrogen functional groups attached to an aromatic ring is 1. The van der Waals surface area contributed by atoms with Gasteiger partial charge in [-0.25, -0.2) is 24.2 Å². The van der Waals surface area contributed by atoms with Gasteiger partial charge in [0.25, 0.3) is 0 Å². The fraction of sp³-hybridized carbons (Fsp3) is 0.591. The van der Waals surface area contributed by atoms with E-state index < -0.39 is 35.6 Å².